The normalized spacial score (nSPS) is 26.7. The first-order valence-corrected chi connectivity index (χ1v) is 5.97. The van der Waals surface area contributed by atoms with Crippen LogP contribution < -0.4 is 10.5 Å². The molecule has 1 aliphatic carbocycles. The molecule has 3 nitrogen and oxygen atoms in total. The summed E-state index contributed by atoms with van der Waals surface area (Å²) >= 11 is 0. The number of hydrogen-bond acceptors (Lipinski definition) is 3. The van der Waals surface area contributed by atoms with Crippen LogP contribution in [0, 0.1) is 11.8 Å². The van der Waals surface area contributed by atoms with E-state index in [2.05, 4.69) is 11.9 Å². The number of rotatable bonds is 3. The minimum absolute atomic E-state index is 0.0149. The third-order valence-corrected chi connectivity index (χ3v) is 3.58. The first-order valence-electron chi connectivity index (χ1n) is 5.97. The molecule has 0 spiro atoms. The largest absolute Gasteiger partial charge is 0.495 e. The van der Waals surface area contributed by atoms with Crippen LogP contribution in [0.15, 0.2) is 18.3 Å². The summed E-state index contributed by atoms with van der Waals surface area (Å²) in [4.78, 5) is 4.37. The highest BCUT2D eigenvalue weighted by atomic mass is 16.5. The van der Waals surface area contributed by atoms with Crippen LogP contribution in [-0.2, 0) is 0 Å². The summed E-state index contributed by atoms with van der Waals surface area (Å²) in [6.45, 7) is 2.29. The third-order valence-electron chi connectivity index (χ3n) is 3.58. The molecule has 1 aromatic heterocycles. The van der Waals surface area contributed by atoms with Crippen LogP contribution in [0.25, 0.3) is 0 Å². The summed E-state index contributed by atoms with van der Waals surface area (Å²) in [6.07, 6.45) is 5.49. The van der Waals surface area contributed by atoms with E-state index >= 15 is 0 Å². The van der Waals surface area contributed by atoms with Gasteiger partial charge in [0.25, 0.3) is 0 Å². The van der Waals surface area contributed by atoms with E-state index in [0.717, 1.165) is 17.4 Å². The summed E-state index contributed by atoms with van der Waals surface area (Å²) in [5.41, 5.74) is 7.20. The molecule has 3 atom stereocenters. The number of nitrogens with zero attached hydrogens (tertiary/aromatic N) is 1. The second kappa shape index (κ2) is 4.83. The molecule has 2 N–H and O–H groups in total. The lowest BCUT2D eigenvalue weighted by Crippen LogP contribution is -2.21. The minimum Gasteiger partial charge on any atom is -0.495 e. The van der Waals surface area contributed by atoms with Crippen molar-refractivity contribution >= 4 is 0 Å². The smallest absolute Gasteiger partial charge is 0.141 e. The molecule has 3 heteroatoms. The number of nitrogens with two attached hydrogens (primary N) is 1. The molecule has 1 heterocycles. The van der Waals surface area contributed by atoms with Gasteiger partial charge in [0.2, 0.25) is 0 Å². The summed E-state index contributed by atoms with van der Waals surface area (Å²) in [5, 5.41) is 0. The molecule has 2 rings (SSSR count). The Morgan fingerprint density at radius 3 is 2.94 bits per heavy atom. The van der Waals surface area contributed by atoms with Crippen LogP contribution in [0.2, 0.25) is 0 Å². The van der Waals surface area contributed by atoms with E-state index in [1.807, 2.05) is 12.1 Å². The quantitative estimate of drug-likeness (QED) is 0.851. The van der Waals surface area contributed by atoms with Gasteiger partial charge in [0, 0.05) is 6.20 Å². The van der Waals surface area contributed by atoms with Gasteiger partial charge in [0.15, 0.2) is 0 Å². The highest BCUT2D eigenvalue weighted by molar-refractivity contribution is 5.29. The van der Waals surface area contributed by atoms with Crippen molar-refractivity contribution in [1.82, 2.24) is 4.98 Å². The van der Waals surface area contributed by atoms with Gasteiger partial charge in [-0.2, -0.15) is 0 Å². The number of methoxy groups -OCH3 is 1. The van der Waals surface area contributed by atoms with Gasteiger partial charge in [0.05, 0.1) is 18.8 Å². The number of aromatic nitrogens is 1. The Bertz CT molecular complexity index is 354. The Hall–Kier alpha value is -1.09. The molecule has 0 aromatic carbocycles. The first kappa shape index (κ1) is 11.4. The lowest BCUT2D eigenvalue weighted by molar-refractivity contribution is 0.374. The second-order valence-corrected chi connectivity index (χ2v) is 4.79. The van der Waals surface area contributed by atoms with Crippen molar-refractivity contribution in [3.63, 3.8) is 0 Å². The van der Waals surface area contributed by atoms with Crippen molar-refractivity contribution in [2.24, 2.45) is 17.6 Å². The van der Waals surface area contributed by atoms with E-state index in [4.69, 9.17) is 10.5 Å². The van der Waals surface area contributed by atoms with E-state index < -0.39 is 0 Å². The van der Waals surface area contributed by atoms with E-state index in [9.17, 15) is 0 Å². The van der Waals surface area contributed by atoms with Crippen molar-refractivity contribution in [2.45, 2.75) is 32.2 Å². The van der Waals surface area contributed by atoms with E-state index in [0.29, 0.717) is 5.92 Å². The number of ether oxygens (including phenoxy) is 1. The van der Waals surface area contributed by atoms with Crippen LogP contribution in [0.4, 0.5) is 0 Å². The summed E-state index contributed by atoms with van der Waals surface area (Å²) in [7, 11) is 1.67. The maximum absolute atomic E-state index is 6.30. The first-order chi connectivity index (χ1) is 7.72. The van der Waals surface area contributed by atoms with Crippen LogP contribution in [0.3, 0.4) is 0 Å². The van der Waals surface area contributed by atoms with Gasteiger partial charge in [0.1, 0.15) is 5.75 Å². The average Bonchev–Trinajstić information content (AvgIpc) is 2.75. The lowest BCUT2D eigenvalue weighted by Gasteiger charge is -2.20. The number of pyridine rings is 1. The summed E-state index contributed by atoms with van der Waals surface area (Å²) < 4.78 is 5.31. The fourth-order valence-electron chi connectivity index (χ4n) is 2.63. The van der Waals surface area contributed by atoms with Gasteiger partial charge < -0.3 is 10.5 Å². The highest BCUT2D eigenvalue weighted by Crippen LogP contribution is 2.39. The summed E-state index contributed by atoms with van der Waals surface area (Å²) in [5.74, 6) is 2.17. The van der Waals surface area contributed by atoms with Gasteiger partial charge in [-0.05, 0) is 36.8 Å². The lowest BCUT2D eigenvalue weighted by atomic mass is 9.94. The Morgan fingerprint density at radius 1 is 1.50 bits per heavy atom. The Kier molecular flexibility index (Phi) is 3.44. The van der Waals surface area contributed by atoms with Gasteiger partial charge in [-0.3, -0.25) is 4.98 Å². The van der Waals surface area contributed by atoms with Gasteiger partial charge in [-0.15, -0.1) is 0 Å². The van der Waals surface area contributed by atoms with Crippen LogP contribution >= 0.6 is 0 Å². The monoisotopic (exact) mass is 220 g/mol. The molecule has 1 aliphatic rings. The molecule has 1 fully saturated rings. The topological polar surface area (TPSA) is 48.1 Å². The molecule has 0 bridgehead atoms. The van der Waals surface area contributed by atoms with Crippen molar-refractivity contribution in [3.05, 3.63) is 24.0 Å². The second-order valence-electron chi connectivity index (χ2n) is 4.79. The Morgan fingerprint density at radius 2 is 2.31 bits per heavy atom. The molecule has 0 radical (unpaired) electrons. The minimum atomic E-state index is 0.0149. The van der Waals surface area contributed by atoms with E-state index in [1.165, 1.54) is 19.3 Å². The average molecular weight is 220 g/mol. The van der Waals surface area contributed by atoms with Crippen molar-refractivity contribution in [1.29, 1.82) is 0 Å². The molecule has 0 amide bonds. The SMILES string of the molecule is COc1cccnc1C(N)C1CCC(C)C1. The van der Waals surface area contributed by atoms with Gasteiger partial charge in [-0.25, -0.2) is 0 Å². The molecule has 16 heavy (non-hydrogen) atoms. The molecule has 3 unspecified atom stereocenters. The maximum Gasteiger partial charge on any atom is 0.141 e. The molecule has 0 saturated heterocycles. The third kappa shape index (κ3) is 2.19. The number of hydrogen-bond donors (Lipinski definition) is 1. The van der Waals surface area contributed by atoms with Crippen LogP contribution in [0.5, 0.6) is 5.75 Å². The van der Waals surface area contributed by atoms with Crippen molar-refractivity contribution in [2.75, 3.05) is 7.11 Å². The summed E-state index contributed by atoms with van der Waals surface area (Å²) in [6, 6.07) is 3.83. The van der Waals surface area contributed by atoms with Crippen molar-refractivity contribution in [3.8, 4) is 5.75 Å². The Labute approximate surface area is 97.0 Å². The van der Waals surface area contributed by atoms with Crippen molar-refractivity contribution < 1.29 is 4.74 Å². The maximum atomic E-state index is 6.30. The molecular formula is C13H20N2O. The Balaban J connectivity index is 2.16. The molecular weight excluding hydrogens is 200 g/mol. The van der Waals surface area contributed by atoms with E-state index in [1.54, 1.807) is 13.3 Å². The predicted molar refractivity (Wildman–Crippen MR) is 64.2 cm³/mol. The zero-order valence-corrected chi connectivity index (χ0v) is 10.0. The molecule has 88 valence electrons. The zero-order chi connectivity index (χ0) is 11.5. The molecule has 1 aromatic rings. The fraction of sp³-hybridized carbons (Fsp3) is 0.615. The van der Waals surface area contributed by atoms with E-state index in [-0.39, 0.29) is 6.04 Å². The standard InChI is InChI=1S/C13H20N2O/c1-9-5-6-10(8-9)12(14)13-11(16-2)4-3-7-15-13/h3-4,7,9-10,12H,5-6,8,14H2,1-2H3. The van der Waals surface area contributed by atoms with Gasteiger partial charge >= 0.3 is 0 Å². The fourth-order valence-corrected chi connectivity index (χ4v) is 2.63. The van der Waals surface area contributed by atoms with Gasteiger partial charge in [-0.1, -0.05) is 13.3 Å². The molecule has 0 aliphatic heterocycles. The van der Waals surface area contributed by atoms with Crippen LogP contribution in [0.1, 0.15) is 37.9 Å². The zero-order valence-electron chi connectivity index (χ0n) is 10.0. The predicted octanol–water partition coefficient (Wildman–Crippen LogP) is 2.53. The van der Waals surface area contributed by atoms with Crippen LogP contribution in [-0.4, -0.2) is 12.1 Å². The molecule has 1 saturated carbocycles. The highest BCUT2D eigenvalue weighted by Gasteiger charge is 2.29.